The molecule has 6 rings (SSSR count). The van der Waals surface area contributed by atoms with E-state index in [2.05, 4.69) is 21.4 Å². The van der Waals surface area contributed by atoms with Gasteiger partial charge in [0, 0.05) is 46.8 Å². The molecular formula is C36H32FN3O4S2. The van der Waals surface area contributed by atoms with Crippen molar-refractivity contribution in [3.05, 3.63) is 118 Å². The number of esters is 1. The number of primary sulfonamides is 1. The number of nitrogens with zero attached hydrogens (tertiary/aromatic N) is 2. The van der Waals surface area contributed by atoms with Gasteiger partial charge in [-0.1, -0.05) is 66.8 Å². The number of rotatable bonds is 9. The normalized spacial score (nSPS) is 13.1. The van der Waals surface area contributed by atoms with Gasteiger partial charge in [0.15, 0.2) is 5.69 Å². The second-order valence-corrected chi connectivity index (χ2v) is 13.6. The van der Waals surface area contributed by atoms with Crippen molar-refractivity contribution in [1.82, 2.24) is 9.55 Å². The predicted molar refractivity (Wildman–Crippen MR) is 177 cm³/mol. The molecule has 0 radical (unpaired) electrons. The van der Waals surface area contributed by atoms with E-state index in [0.717, 1.165) is 46.5 Å². The van der Waals surface area contributed by atoms with Crippen LogP contribution in [-0.2, 0) is 27.7 Å². The maximum atomic E-state index is 15.0. The average molecular weight is 654 g/mol. The molecule has 10 heteroatoms. The lowest BCUT2D eigenvalue weighted by Gasteiger charge is -2.18. The number of benzene rings is 3. The van der Waals surface area contributed by atoms with Gasteiger partial charge in [0.2, 0.25) is 10.0 Å². The van der Waals surface area contributed by atoms with Crippen molar-refractivity contribution < 1.29 is 22.3 Å². The van der Waals surface area contributed by atoms with Gasteiger partial charge in [-0.15, -0.1) is 11.3 Å². The molecule has 5 aromatic rings. The Labute approximate surface area is 271 Å². The van der Waals surface area contributed by atoms with Gasteiger partial charge in [0.25, 0.3) is 0 Å². The van der Waals surface area contributed by atoms with Gasteiger partial charge in [0.1, 0.15) is 15.7 Å². The van der Waals surface area contributed by atoms with Gasteiger partial charge in [0.05, 0.1) is 6.61 Å². The summed E-state index contributed by atoms with van der Waals surface area (Å²) in [6.45, 7) is 2.22. The molecule has 46 heavy (non-hydrogen) atoms. The van der Waals surface area contributed by atoms with E-state index < -0.39 is 26.7 Å². The largest absolute Gasteiger partial charge is 0.461 e. The van der Waals surface area contributed by atoms with Gasteiger partial charge in [-0.2, -0.15) is 0 Å². The first kappa shape index (κ1) is 31.4. The zero-order chi connectivity index (χ0) is 32.3. The number of carbonyl (C=O) groups is 1. The Balaban J connectivity index is 1.52. The lowest BCUT2D eigenvalue weighted by molar-refractivity contribution is 0.0520. The van der Waals surface area contributed by atoms with Crippen molar-refractivity contribution in [2.75, 3.05) is 6.61 Å². The predicted octanol–water partition coefficient (Wildman–Crippen LogP) is 7.03. The third-order valence-corrected chi connectivity index (χ3v) is 9.79. The van der Waals surface area contributed by atoms with E-state index in [9.17, 15) is 13.2 Å². The van der Waals surface area contributed by atoms with Crippen LogP contribution in [0, 0.1) is 23.6 Å². The van der Waals surface area contributed by atoms with E-state index in [1.54, 1.807) is 18.4 Å². The highest BCUT2D eigenvalue weighted by molar-refractivity contribution is 7.89. The summed E-state index contributed by atoms with van der Waals surface area (Å²) in [6, 6.07) is 24.0. The average Bonchev–Trinajstić information content (AvgIpc) is 3.62. The van der Waals surface area contributed by atoms with Crippen molar-refractivity contribution in [3.63, 3.8) is 0 Å². The molecule has 0 bridgehead atoms. The fraction of sp³-hybridized carbons (Fsp3) is 0.222. The fourth-order valence-electron chi connectivity index (χ4n) is 5.42. The summed E-state index contributed by atoms with van der Waals surface area (Å²) in [5.41, 5.74) is 6.20. The van der Waals surface area contributed by atoms with E-state index in [1.807, 2.05) is 60.7 Å². The first-order valence-corrected chi connectivity index (χ1v) is 17.4. The molecule has 2 heterocycles. The van der Waals surface area contributed by atoms with Gasteiger partial charge in [-0.05, 0) is 66.8 Å². The number of carbonyl (C=O) groups excluding carboxylic acids is 1. The van der Waals surface area contributed by atoms with Crippen molar-refractivity contribution in [3.8, 4) is 33.7 Å². The molecule has 234 valence electrons. The number of ether oxygens (including phenoxy) is 1. The highest BCUT2D eigenvalue weighted by Gasteiger charge is 2.23. The van der Waals surface area contributed by atoms with Gasteiger partial charge in [-0.3, -0.25) is 0 Å². The van der Waals surface area contributed by atoms with Crippen molar-refractivity contribution >= 4 is 27.3 Å². The summed E-state index contributed by atoms with van der Waals surface area (Å²) < 4.78 is 46.1. The lowest BCUT2D eigenvalue weighted by Crippen LogP contribution is -2.14. The zero-order valence-electron chi connectivity index (χ0n) is 25.2. The minimum Gasteiger partial charge on any atom is -0.461 e. The highest BCUT2D eigenvalue weighted by Crippen LogP contribution is 2.37. The Bertz CT molecular complexity index is 2070. The number of thiazole rings is 1. The van der Waals surface area contributed by atoms with Crippen LogP contribution in [0.1, 0.15) is 59.1 Å². The number of nitrogens with two attached hydrogens (primary N) is 1. The number of hydrogen-bond acceptors (Lipinski definition) is 6. The SMILES string of the molecule is CCOC(=O)c1csc(-c2cc(-c3cccc(C#CC4CCC4)c3)n(Cc3ccc(S(N)(=O)=O)c(F)c3)c2Cc2ccccc2)n1. The summed E-state index contributed by atoms with van der Waals surface area (Å²) in [6.07, 6.45) is 3.99. The number of sulfonamides is 1. The number of halogens is 1. The van der Waals surface area contributed by atoms with E-state index in [-0.39, 0.29) is 18.8 Å². The van der Waals surface area contributed by atoms with Crippen molar-refractivity contribution in [2.45, 2.75) is 44.0 Å². The van der Waals surface area contributed by atoms with Crippen LogP contribution in [0.4, 0.5) is 4.39 Å². The van der Waals surface area contributed by atoms with Gasteiger partial charge < -0.3 is 9.30 Å². The first-order valence-electron chi connectivity index (χ1n) is 15.0. The molecule has 1 aliphatic rings. The van der Waals surface area contributed by atoms with E-state index in [0.29, 0.717) is 22.9 Å². The van der Waals surface area contributed by atoms with Crippen LogP contribution in [-0.4, -0.2) is 30.5 Å². The fourth-order valence-corrected chi connectivity index (χ4v) is 6.84. The second-order valence-electron chi connectivity index (χ2n) is 11.2. The Morgan fingerprint density at radius 2 is 1.87 bits per heavy atom. The smallest absolute Gasteiger partial charge is 0.357 e. The number of aromatic nitrogens is 2. The molecule has 2 N–H and O–H groups in total. The summed E-state index contributed by atoms with van der Waals surface area (Å²) in [5.74, 6) is 5.75. The molecule has 1 aliphatic carbocycles. The second kappa shape index (κ2) is 13.4. The third-order valence-electron chi connectivity index (χ3n) is 7.97. The van der Waals surface area contributed by atoms with Gasteiger partial charge >= 0.3 is 5.97 Å². The van der Waals surface area contributed by atoms with Crippen LogP contribution in [0.2, 0.25) is 0 Å². The highest BCUT2D eigenvalue weighted by atomic mass is 32.2. The molecule has 1 saturated carbocycles. The summed E-state index contributed by atoms with van der Waals surface area (Å²) in [4.78, 5) is 16.6. The first-order chi connectivity index (χ1) is 22.2. The van der Waals surface area contributed by atoms with Crippen LogP contribution in [0.5, 0.6) is 0 Å². The summed E-state index contributed by atoms with van der Waals surface area (Å²) in [5, 5.41) is 7.56. The third kappa shape index (κ3) is 6.97. The monoisotopic (exact) mass is 653 g/mol. The molecule has 0 aliphatic heterocycles. The molecule has 2 aromatic heterocycles. The Morgan fingerprint density at radius 1 is 1.07 bits per heavy atom. The minimum absolute atomic E-state index is 0.230. The van der Waals surface area contributed by atoms with Crippen molar-refractivity contribution in [2.24, 2.45) is 11.1 Å². The molecule has 1 fully saturated rings. The summed E-state index contributed by atoms with van der Waals surface area (Å²) >= 11 is 1.35. The molecule has 7 nitrogen and oxygen atoms in total. The minimum atomic E-state index is -4.22. The zero-order valence-corrected chi connectivity index (χ0v) is 26.8. The number of hydrogen-bond donors (Lipinski definition) is 1. The van der Waals surface area contributed by atoms with Crippen LogP contribution < -0.4 is 5.14 Å². The Hall–Kier alpha value is -4.56. The molecule has 3 aromatic carbocycles. The molecule has 0 spiro atoms. The maximum Gasteiger partial charge on any atom is 0.357 e. The quantitative estimate of drug-likeness (QED) is 0.136. The van der Waals surface area contributed by atoms with E-state index in [1.165, 1.54) is 29.9 Å². The maximum absolute atomic E-state index is 15.0. The standard InChI is InChI=1S/C36H32FN3O4S2/c1-2-44-36(41)31-23-45-35(39-31)29-21-32(28-13-7-12-26(18-28)15-14-24-10-6-11-24)40(33(29)20-25-8-4-3-5-9-25)22-27-16-17-34(30(37)19-27)46(38,42)43/h3-5,7-9,12-13,16-19,21,23-24H,2,6,10-11,20,22H2,1H3,(H2,38,42,43). The molecule has 0 atom stereocenters. The Morgan fingerprint density at radius 3 is 2.57 bits per heavy atom. The molecule has 0 unspecified atom stereocenters. The van der Waals surface area contributed by atoms with Crippen LogP contribution in [0.3, 0.4) is 0 Å². The van der Waals surface area contributed by atoms with E-state index >= 15 is 4.39 Å². The Kier molecular flexibility index (Phi) is 9.17. The molecule has 0 saturated heterocycles. The molecule has 0 amide bonds. The topological polar surface area (TPSA) is 104 Å². The van der Waals surface area contributed by atoms with Crippen LogP contribution >= 0.6 is 11.3 Å². The molecular weight excluding hydrogens is 622 g/mol. The lowest BCUT2D eigenvalue weighted by atomic mass is 9.86. The van der Waals surface area contributed by atoms with E-state index in [4.69, 9.17) is 9.88 Å². The van der Waals surface area contributed by atoms with Crippen LogP contribution in [0.25, 0.3) is 21.8 Å². The summed E-state index contributed by atoms with van der Waals surface area (Å²) in [7, 11) is -4.22. The van der Waals surface area contributed by atoms with Crippen LogP contribution in [0.15, 0.2) is 89.1 Å². The van der Waals surface area contributed by atoms with Gasteiger partial charge in [-0.25, -0.2) is 27.7 Å². The van der Waals surface area contributed by atoms with Crippen molar-refractivity contribution in [1.29, 1.82) is 0 Å².